The molecule has 0 radical (unpaired) electrons. The van der Waals surface area contributed by atoms with Gasteiger partial charge in [0.2, 0.25) is 5.95 Å². The maximum atomic E-state index is 13.9. The third-order valence-electron chi connectivity index (χ3n) is 6.35. The molecule has 5 aromatic rings. The van der Waals surface area contributed by atoms with Crippen LogP contribution in [0.25, 0.3) is 16.7 Å². The Kier molecular flexibility index (Phi) is 5.62. The van der Waals surface area contributed by atoms with Crippen molar-refractivity contribution in [3.8, 4) is 5.69 Å². The number of nitrogens with one attached hydrogen (secondary N) is 1. The molecule has 3 heterocycles. The predicted octanol–water partition coefficient (Wildman–Crippen LogP) is 5.27. The van der Waals surface area contributed by atoms with Gasteiger partial charge < -0.3 is 9.88 Å². The standard InChI is InChI=1S/C28H25N5OS/c1-19-12-13-24-25(16-19)30-27(29-24)32-15-14-23-22(17-32)26(34)33(21-10-6-3-7-11-21)28(31-23)35-18-20-8-4-2-5-9-20/h2-13,16H,14-15,17-18H2,1H3,(H,29,30). The van der Waals surface area contributed by atoms with Gasteiger partial charge in [-0.3, -0.25) is 9.36 Å². The van der Waals surface area contributed by atoms with Crippen LogP contribution in [0.2, 0.25) is 0 Å². The molecule has 1 aliphatic rings. The summed E-state index contributed by atoms with van der Waals surface area (Å²) in [6.45, 7) is 3.31. The number of rotatable bonds is 5. The summed E-state index contributed by atoms with van der Waals surface area (Å²) in [7, 11) is 0. The van der Waals surface area contributed by atoms with Crippen LogP contribution in [0.3, 0.4) is 0 Å². The summed E-state index contributed by atoms with van der Waals surface area (Å²) in [5, 5.41) is 0.733. The molecule has 0 amide bonds. The quantitative estimate of drug-likeness (QED) is 0.275. The largest absolute Gasteiger partial charge is 0.337 e. The highest BCUT2D eigenvalue weighted by molar-refractivity contribution is 7.98. The average Bonchev–Trinajstić information content (AvgIpc) is 3.32. The number of H-pyrrole nitrogens is 1. The zero-order chi connectivity index (χ0) is 23.8. The molecule has 6 rings (SSSR count). The number of imidazole rings is 1. The fraction of sp³-hybridized carbons (Fsp3) is 0.179. The van der Waals surface area contributed by atoms with Crippen LogP contribution in [0.4, 0.5) is 5.95 Å². The number of para-hydroxylation sites is 1. The van der Waals surface area contributed by atoms with Crippen LogP contribution in [0.5, 0.6) is 0 Å². The van der Waals surface area contributed by atoms with E-state index in [0.717, 1.165) is 51.4 Å². The van der Waals surface area contributed by atoms with Crippen molar-refractivity contribution in [2.45, 2.75) is 30.8 Å². The van der Waals surface area contributed by atoms with Crippen LogP contribution >= 0.6 is 11.8 Å². The normalized spacial score (nSPS) is 13.2. The average molecular weight is 480 g/mol. The Morgan fingerprint density at radius 2 is 1.74 bits per heavy atom. The molecule has 0 atom stereocenters. The molecule has 1 N–H and O–H groups in total. The van der Waals surface area contributed by atoms with Crippen molar-refractivity contribution in [3.05, 3.63) is 112 Å². The third-order valence-corrected chi connectivity index (χ3v) is 7.36. The van der Waals surface area contributed by atoms with Gasteiger partial charge in [0.05, 0.1) is 34.5 Å². The highest BCUT2D eigenvalue weighted by atomic mass is 32.2. The minimum absolute atomic E-state index is 0.00610. The molecule has 0 unspecified atom stereocenters. The van der Waals surface area contributed by atoms with E-state index in [1.807, 2.05) is 48.5 Å². The topological polar surface area (TPSA) is 66.8 Å². The lowest BCUT2D eigenvalue weighted by Crippen LogP contribution is -2.38. The first-order chi connectivity index (χ1) is 17.2. The summed E-state index contributed by atoms with van der Waals surface area (Å²) in [6, 6.07) is 26.3. The summed E-state index contributed by atoms with van der Waals surface area (Å²) in [5.74, 6) is 1.55. The zero-order valence-electron chi connectivity index (χ0n) is 19.4. The molecule has 3 aromatic carbocycles. The first-order valence-corrected chi connectivity index (χ1v) is 12.7. The fourth-order valence-corrected chi connectivity index (χ4v) is 5.49. The predicted molar refractivity (Wildman–Crippen MR) is 141 cm³/mol. The van der Waals surface area contributed by atoms with Crippen LogP contribution in [0.1, 0.15) is 22.4 Å². The Balaban J connectivity index is 1.38. The molecular weight excluding hydrogens is 454 g/mol. The van der Waals surface area contributed by atoms with Crippen molar-refractivity contribution in [2.75, 3.05) is 11.4 Å². The first kappa shape index (κ1) is 21.7. The molecule has 0 aliphatic carbocycles. The van der Waals surface area contributed by atoms with Crippen LogP contribution in [0.15, 0.2) is 88.8 Å². The second-order valence-electron chi connectivity index (χ2n) is 8.82. The van der Waals surface area contributed by atoms with E-state index in [1.165, 1.54) is 11.1 Å². The van der Waals surface area contributed by atoms with Crippen LogP contribution in [0, 0.1) is 6.92 Å². The number of aromatic amines is 1. The molecule has 0 fully saturated rings. The third kappa shape index (κ3) is 4.23. The minimum atomic E-state index is -0.00610. The minimum Gasteiger partial charge on any atom is -0.337 e. The molecule has 0 saturated heterocycles. The second-order valence-corrected chi connectivity index (χ2v) is 9.77. The smallest absolute Gasteiger partial charge is 0.264 e. The Morgan fingerprint density at radius 1 is 0.971 bits per heavy atom. The number of fused-ring (bicyclic) bond motifs is 2. The molecule has 174 valence electrons. The van der Waals surface area contributed by atoms with Gasteiger partial charge in [0, 0.05) is 18.7 Å². The number of benzene rings is 3. The Hall–Kier alpha value is -3.84. The molecule has 0 spiro atoms. The number of anilines is 1. The van der Waals surface area contributed by atoms with E-state index in [1.54, 1.807) is 16.3 Å². The summed E-state index contributed by atoms with van der Waals surface area (Å²) >= 11 is 1.60. The summed E-state index contributed by atoms with van der Waals surface area (Å²) in [6.07, 6.45) is 0.704. The Labute approximate surface area is 207 Å². The van der Waals surface area contributed by atoms with E-state index in [2.05, 4.69) is 47.1 Å². The van der Waals surface area contributed by atoms with E-state index >= 15 is 0 Å². The van der Waals surface area contributed by atoms with Gasteiger partial charge in [-0.15, -0.1) is 0 Å². The van der Waals surface area contributed by atoms with Gasteiger partial charge in [0.15, 0.2) is 5.16 Å². The molecular formula is C28H25N5OS. The van der Waals surface area contributed by atoms with Crippen LogP contribution < -0.4 is 10.5 Å². The molecule has 6 nitrogen and oxygen atoms in total. The second kappa shape index (κ2) is 9.07. The van der Waals surface area contributed by atoms with E-state index in [9.17, 15) is 4.79 Å². The molecule has 35 heavy (non-hydrogen) atoms. The monoisotopic (exact) mass is 479 g/mol. The maximum Gasteiger partial charge on any atom is 0.264 e. The highest BCUT2D eigenvalue weighted by Crippen LogP contribution is 2.27. The van der Waals surface area contributed by atoms with Gasteiger partial charge >= 0.3 is 0 Å². The van der Waals surface area contributed by atoms with Gasteiger partial charge in [-0.1, -0.05) is 66.4 Å². The summed E-state index contributed by atoms with van der Waals surface area (Å²) in [5.41, 5.74) is 6.78. The van der Waals surface area contributed by atoms with Gasteiger partial charge in [-0.05, 0) is 42.3 Å². The lowest BCUT2D eigenvalue weighted by Gasteiger charge is -2.28. The van der Waals surface area contributed by atoms with Crippen LogP contribution in [-0.2, 0) is 18.7 Å². The molecule has 7 heteroatoms. The highest BCUT2D eigenvalue weighted by Gasteiger charge is 2.26. The van der Waals surface area contributed by atoms with Crippen molar-refractivity contribution < 1.29 is 0 Å². The summed E-state index contributed by atoms with van der Waals surface area (Å²) < 4.78 is 1.76. The van der Waals surface area contributed by atoms with Crippen molar-refractivity contribution in [1.29, 1.82) is 0 Å². The van der Waals surface area contributed by atoms with Crippen LogP contribution in [-0.4, -0.2) is 26.1 Å². The number of nitrogens with zero attached hydrogens (tertiary/aromatic N) is 4. The number of hydrogen-bond acceptors (Lipinski definition) is 5. The SMILES string of the molecule is Cc1ccc2[nH]c(N3CCc4nc(SCc5ccccc5)n(-c5ccccc5)c(=O)c4C3)nc2c1. The Bertz CT molecular complexity index is 1560. The number of hydrogen-bond donors (Lipinski definition) is 1. The molecule has 0 saturated carbocycles. The van der Waals surface area contributed by atoms with Gasteiger partial charge in [-0.25, -0.2) is 9.97 Å². The number of aryl methyl sites for hydroxylation is 1. The van der Waals surface area contributed by atoms with Crippen molar-refractivity contribution in [3.63, 3.8) is 0 Å². The first-order valence-electron chi connectivity index (χ1n) is 11.7. The van der Waals surface area contributed by atoms with E-state index in [0.29, 0.717) is 13.0 Å². The maximum absolute atomic E-state index is 13.9. The number of thioether (sulfide) groups is 1. The molecule has 1 aliphatic heterocycles. The molecule has 0 bridgehead atoms. The van der Waals surface area contributed by atoms with Gasteiger partial charge in [0.1, 0.15) is 0 Å². The summed E-state index contributed by atoms with van der Waals surface area (Å²) in [4.78, 5) is 29.3. The number of aromatic nitrogens is 4. The van der Waals surface area contributed by atoms with Crippen molar-refractivity contribution in [1.82, 2.24) is 19.5 Å². The zero-order valence-corrected chi connectivity index (χ0v) is 20.3. The van der Waals surface area contributed by atoms with Gasteiger partial charge in [-0.2, -0.15) is 0 Å². The van der Waals surface area contributed by atoms with E-state index in [4.69, 9.17) is 9.97 Å². The van der Waals surface area contributed by atoms with Crippen molar-refractivity contribution in [2.24, 2.45) is 0 Å². The molecule has 2 aromatic heterocycles. The van der Waals surface area contributed by atoms with Crippen molar-refractivity contribution >= 4 is 28.7 Å². The van der Waals surface area contributed by atoms with E-state index in [-0.39, 0.29) is 5.56 Å². The lowest BCUT2D eigenvalue weighted by molar-refractivity contribution is 0.644. The fourth-order valence-electron chi connectivity index (χ4n) is 4.51. The Morgan fingerprint density at radius 3 is 2.54 bits per heavy atom. The van der Waals surface area contributed by atoms with E-state index < -0.39 is 0 Å². The lowest BCUT2D eigenvalue weighted by atomic mass is 10.1. The van der Waals surface area contributed by atoms with Gasteiger partial charge in [0.25, 0.3) is 5.56 Å².